The first-order valence-electron chi connectivity index (χ1n) is 9.70. The van der Waals surface area contributed by atoms with Crippen LogP contribution in [-0.2, 0) is 30.8 Å². The van der Waals surface area contributed by atoms with E-state index in [-0.39, 0.29) is 35.4 Å². The largest absolute Gasteiger partial charge is 0.327 e. The Morgan fingerprint density at radius 3 is 2.23 bits per heavy atom. The zero-order chi connectivity index (χ0) is 22.3. The van der Waals surface area contributed by atoms with E-state index in [0.717, 1.165) is 23.3 Å². The summed E-state index contributed by atoms with van der Waals surface area (Å²) in [5.41, 5.74) is 1.01. The predicted molar refractivity (Wildman–Crippen MR) is 114 cm³/mol. The number of rotatable bonds is 6. The van der Waals surface area contributed by atoms with E-state index in [1.165, 1.54) is 29.2 Å². The summed E-state index contributed by atoms with van der Waals surface area (Å²) in [5, 5.41) is 5.66. The van der Waals surface area contributed by atoms with Crippen molar-refractivity contribution >= 4 is 45.0 Å². The van der Waals surface area contributed by atoms with Crippen molar-refractivity contribution in [1.82, 2.24) is 4.90 Å². The smallest absolute Gasteiger partial charge is 0.257 e. The first-order valence-corrected chi connectivity index (χ1v) is 11.6. The van der Waals surface area contributed by atoms with Crippen LogP contribution >= 0.6 is 11.6 Å². The Balaban J connectivity index is 1.55. The molecule has 0 aromatic heterocycles. The third-order valence-corrected chi connectivity index (χ3v) is 6.56. The van der Waals surface area contributed by atoms with Crippen LogP contribution in [0.2, 0.25) is 5.02 Å². The highest BCUT2D eigenvalue weighted by Crippen LogP contribution is 2.34. The Morgan fingerprint density at radius 1 is 1.06 bits per heavy atom. The van der Waals surface area contributed by atoms with E-state index in [1.807, 2.05) is 0 Å². The van der Waals surface area contributed by atoms with Crippen LogP contribution in [0.15, 0.2) is 53.4 Å². The number of hydrogen-bond acceptors (Lipinski definition) is 5. The second kappa shape index (κ2) is 8.07. The molecule has 2 aromatic rings. The molecular formula is C21H20ClN3O5S. The Kier molecular flexibility index (Phi) is 5.59. The fraction of sp³-hybridized carbons (Fsp3) is 0.286. The monoisotopic (exact) mass is 461 g/mol. The van der Waals surface area contributed by atoms with Gasteiger partial charge in [0.1, 0.15) is 6.04 Å². The van der Waals surface area contributed by atoms with E-state index >= 15 is 0 Å². The van der Waals surface area contributed by atoms with E-state index in [0.29, 0.717) is 5.02 Å². The van der Waals surface area contributed by atoms with Gasteiger partial charge in [-0.2, -0.15) is 0 Å². The van der Waals surface area contributed by atoms with Crippen molar-refractivity contribution < 1.29 is 22.8 Å². The van der Waals surface area contributed by atoms with Crippen LogP contribution in [-0.4, -0.2) is 43.1 Å². The van der Waals surface area contributed by atoms with Gasteiger partial charge in [0.15, 0.2) is 0 Å². The molecule has 1 unspecified atom stereocenters. The molecule has 0 radical (unpaired) electrons. The van der Waals surface area contributed by atoms with Gasteiger partial charge in [-0.15, -0.1) is 0 Å². The van der Waals surface area contributed by atoms with Crippen LogP contribution in [0.3, 0.4) is 0 Å². The summed E-state index contributed by atoms with van der Waals surface area (Å²) >= 11 is 5.90. The van der Waals surface area contributed by atoms with Gasteiger partial charge in [-0.1, -0.05) is 23.7 Å². The van der Waals surface area contributed by atoms with Gasteiger partial charge in [0.25, 0.3) is 5.91 Å². The average molecular weight is 462 g/mol. The lowest BCUT2D eigenvalue weighted by Crippen LogP contribution is -2.47. The number of benzene rings is 2. The molecule has 2 aliphatic rings. The SMILES string of the molecule is NS(=O)(=O)c1ccc(N2C(=O)CC(N(C(=O)Cc3ccc(Cl)cc3)C3CC3)C2=O)cc1. The quantitative estimate of drug-likeness (QED) is 0.658. The van der Waals surface area contributed by atoms with Crippen molar-refractivity contribution in [2.45, 2.75) is 42.7 Å². The fourth-order valence-corrected chi connectivity index (χ4v) is 4.38. The third kappa shape index (κ3) is 4.48. The number of amides is 3. The van der Waals surface area contributed by atoms with Gasteiger partial charge in [-0.3, -0.25) is 14.4 Å². The van der Waals surface area contributed by atoms with Crippen LogP contribution in [0.4, 0.5) is 5.69 Å². The molecule has 1 aliphatic carbocycles. The summed E-state index contributed by atoms with van der Waals surface area (Å²) in [6, 6.07) is 11.2. The molecule has 8 nitrogen and oxygen atoms in total. The van der Waals surface area contributed by atoms with Crippen molar-refractivity contribution in [3.63, 3.8) is 0 Å². The molecule has 2 N–H and O–H groups in total. The lowest BCUT2D eigenvalue weighted by molar-refractivity contribution is -0.138. The number of sulfonamides is 1. The number of carbonyl (C=O) groups excluding carboxylic acids is 3. The fourth-order valence-electron chi connectivity index (χ4n) is 3.74. The summed E-state index contributed by atoms with van der Waals surface area (Å²) in [6.07, 6.45) is 1.56. The molecule has 2 aromatic carbocycles. The summed E-state index contributed by atoms with van der Waals surface area (Å²) in [6.45, 7) is 0. The van der Waals surface area contributed by atoms with Gasteiger partial charge in [-0.25, -0.2) is 18.5 Å². The lowest BCUT2D eigenvalue weighted by Gasteiger charge is -2.27. The molecule has 1 heterocycles. The molecule has 1 saturated heterocycles. The van der Waals surface area contributed by atoms with E-state index < -0.39 is 27.9 Å². The Hall–Kier alpha value is -2.75. The first-order chi connectivity index (χ1) is 14.6. The summed E-state index contributed by atoms with van der Waals surface area (Å²) in [4.78, 5) is 41.2. The molecule has 1 saturated carbocycles. The van der Waals surface area contributed by atoms with Crippen LogP contribution in [0.25, 0.3) is 0 Å². The summed E-state index contributed by atoms with van der Waals surface area (Å²) < 4.78 is 22.9. The Bertz CT molecular complexity index is 1140. The van der Waals surface area contributed by atoms with E-state index in [1.54, 1.807) is 24.3 Å². The molecule has 10 heteroatoms. The van der Waals surface area contributed by atoms with E-state index in [2.05, 4.69) is 0 Å². The first kappa shape index (κ1) is 21.5. The normalized spacial score (nSPS) is 19.0. The maximum Gasteiger partial charge on any atom is 0.257 e. The van der Waals surface area contributed by atoms with Gasteiger partial charge in [-0.05, 0) is 54.8 Å². The van der Waals surface area contributed by atoms with Gasteiger partial charge < -0.3 is 4.90 Å². The summed E-state index contributed by atoms with van der Waals surface area (Å²) in [7, 11) is -3.89. The lowest BCUT2D eigenvalue weighted by atomic mass is 10.1. The zero-order valence-electron chi connectivity index (χ0n) is 16.4. The van der Waals surface area contributed by atoms with E-state index in [9.17, 15) is 22.8 Å². The molecule has 3 amide bonds. The van der Waals surface area contributed by atoms with Gasteiger partial charge in [0, 0.05) is 11.1 Å². The number of hydrogen-bond donors (Lipinski definition) is 1. The minimum Gasteiger partial charge on any atom is -0.327 e. The number of imide groups is 1. The summed E-state index contributed by atoms with van der Waals surface area (Å²) in [5.74, 6) is -1.16. The molecule has 1 atom stereocenters. The number of anilines is 1. The standard InChI is InChI=1S/C21H20ClN3O5S/c22-14-3-1-13(2-4-14)11-19(26)24(15-5-6-15)18-12-20(27)25(21(18)28)16-7-9-17(10-8-16)31(23,29)30/h1-4,7-10,15,18H,5-6,11-12H2,(H2,23,29,30). The van der Waals surface area contributed by atoms with Crippen molar-refractivity contribution in [2.75, 3.05) is 4.90 Å². The number of halogens is 1. The van der Waals surface area contributed by atoms with Crippen LogP contribution in [0.1, 0.15) is 24.8 Å². The maximum atomic E-state index is 13.1. The average Bonchev–Trinajstić information content (AvgIpc) is 3.49. The highest BCUT2D eigenvalue weighted by atomic mass is 35.5. The minimum absolute atomic E-state index is 0.0636. The minimum atomic E-state index is -3.89. The third-order valence-electron chi connectivity index (χ3n) is 5.38. The van der Waals surface area contributed by atoms with Crippen molar-refractivity contribution in [2.24, 2.45) is 5.14 Å². The Morgan fingerprint density at radius 2 is 1.68 bits per heavy atom. The van der Waals surface area contributed by atoms with Crippen LogP contribution in [0.5, 0.6) is 0 Å². The van der Waals surface area contributed by atoms with E-state index in [4.69, 9.17) is 16.7 Å². The Labute approximate surface area is 184 Å². The second-order valence-electron chi connectivity index (χ2n) is 7.66. The number of primary sulfonamides is 1. The van der Waals surface area contributed by atoms with Crippen LogP contribution < -0.4 is 10.0 Å². The van der Waals surface area contributed by atoms with Crippen molar-refractivity contribution in [1.29, 1.82) is 0 Å². The molecule has 0 bridgehead atoms. The molecule has 4 rings (SSSR count). The topological polar surface area (TPSA) is 118 Å². The van der Waals surface area contributed by atoms with Crippen molar-refractivity contribution in [3.8, 4) is 0 Å². The van der Waals surface area contributed by atoms with Gasteiger partial charge >= 0.3 is 0 Å². The molecule has 1 aliphatic heterocycles. The number of carbonyl (C=O) groups is 3. The van der Waals surface area contributed by atoms with Gasteiger partial charge in [0.2, 0.25) is 21.8 Å². The highest BCUT2D eigenvalue weighted by Gasteiger charge is 2.48. The molecule has 0 spiro atoms. The van der Waals surface area contributed by atoms with Crippen molar-refractivity contribution in [3.05, 3.63) is 59.1 Å². The molecular weight excluding hydrogens is 442 g/mol. The maximum absolute atomic E-state index is 13.1. The van der Waals surface area contributed by atoms with Gasteiger partial charge in [0.05, 0.1) is 23.4 Å². The zero-order valence-corrected chi connectivity index (χ0v) is 18.0. The highest BCUT2D eigenvalue weighted by molar-refractivity contribution is 7.89. The predicted octanol–water partition coefficient (Wildman–Crippen LogP) is 1.85. The number of nitrogens with two attached hydrogens (primary N) is 1. The second-order valence-corrected chi connectivity index (χ2v) is 9.66. The molecule has 162 valence electrons. The van der Waals surface area contributed by atoms with Crippen LogP contribution in [0, 0.1) is 0 Å². The molecule has 2 fully saturated rings. The number of nitrogens with zero attached hydrogens (tertiary/aromatic N) is 2. The molecule has 31 heavy (non-hydrogen) atoms.